The topological polar surface area (TPSA) is 86.3 Å². The molecule has 9 heteroatoms. The number of urea groups is 1. The fourth-order valence-corrected chi connectivity index (χ4v) is 3.42. The molecule has 0 spiro atoms. The summed E-state index contributed by atoms with van der Waals surface area (Å²) in [5, 5.41) is 17.5. The highest BCUT2D eigenvalue weighted by Crippen LogP contribution is 2.19. The van der Waals surface area contributed by atoms with E-state index in [1.54, 1.807) is 12.4 Å². The highest BCUT2D eigenvalue weighted by molar-refractivity contribution is 7.14. The van der Waals surface area contributed by atoms with Gasteiger partial charge in [-0.25, -0.2) is 4.79 Å². The molecule has 1 saturated heterocycles. The van der Waals surface area contributed by atoms with Gasteiger partial charge in [0, 0.05) is 44.3 Å². The predicted octanol–water partition coefficient (Wildman–Crippen LogP) is 3.03. The van der Waals surface area contributed by atoms with Crippen LogP contribution in [0.3, 0.4) is 0 Å². The maximum Gasteiger partial charge on any atom is 0.322 e. The molecule has 3 aromatic heterocycles. The zero-order chi connectivity index (χ0) is 18.5. The Bertz CT molecular complexity index is 862. The van der Waals surface area contributed by atoms with Crippen LogP contribution in [0.4, 0.5) is 27.1 Å². The van der Waals surface area contributed by atoms with Gasteiger partial charge in [0.2, 0.25) is 0 Å². The number of thiophene rings is 1. The Kier molecular flexibility index (Phi) is 5.10. The van der Waals surface area contributed by atoms with E-state index in [0.29, 0.717) is 18.9 Å². The number of nitrogens with one attached hydrogen (secondary N) is 2. The van der Waals surface area contributed by atoms with Crippen LogP contribution in [-0.4, -0.2) is 52.3 Å². The van der Waals surface area contributed by atoms with E-state index in [2.05, 4.69) is 30.7 Å². The van der Waals surface area contributed by atoms with E-state index in [4.69, 9.17) is 0 Å². The summed E-state index contributed by atoms with van der Waals surface area (Å²) >= 11 is 1.52. The van der Waals surface area contributed by atoms with Gasteiger partial charge in [0.05, 0.1) is 5.00 Å². The Balaban J connectivity index is 1.31. The highest BCUT2D eigenvalue weighted by Gasteiger charge is 2.22. The Morgan fingerprint density at radius 2 is 1.81 bits per heavy atom. The minimum atomic E-state index is -0.0555. The molecular formula is C18H19N7OS. The monoisotopic (exact) mass is 381 g/mol. The maximum absolute atomic E-state index is 12.3. The largest absolute Gasteiger partial charge is 0.352 e. The number of rotatable bonds is 4. The molecular weight excluding hydrogens is 362 g/mol. The predicted molar refractivity (Wildman–Crippen MR) is 107 cm³/mol. The maximum atomic E-state index is 12.3. The third-order valence-electron chi connectivity index (χ3n) is 4.25. The molecule has 3 aromatic rings. The van der Waals surface area contributed by atoms with Crippen LogP contribution < -0.4 is 15.5 Å². The fraction of sp³-hybridized carbons (Fsp3) is 0.222. The number of pyridine rings is 1. The van der Waals surface area contributed by atoms with Gasteiger partial charge in [0.15, 0.2) is 11.6 Å². The number of piperazine rings is 1. The molecule has 4 rings (SSSR count). The number of anilines is 4. The molecule has 27 heavy (non-hydrogen) atoms. The van der Waals surface area contributed by atoms with Crippen LogP contribution in [0, 0.1) is 0 Å². The van der Waals surface area contributed by atoms with Crippen LogP contribution in [0.1, 0.15) is 0 Å². The SMILES string of the molecule is O=C(Nc1cccs1)N1CCN(c2ccc(Nc3ccncc3)nn2)CC1. The first kappa shape index (κ1) is 17.2. The smallest absolute Gasteiger partial charge is 0.322 e. The van der Waals surface area contributed by atoms with Gasteiger partial charge in [0.1, 0.15) is 0 Å². The van der Waals surface area contributed by atoms with Crippen molar-refractivity contribution in [1.29, 1.82) is 0 Å². The molecule has 138 valence electrons. The molecule has 0 bridgehead atoms. The van der Waals surface area contributed by atoms with Crippen LogP contribution in [-0.2, 0) is 0 Å². The van der Waals surface area contributed by atoms with E-state index in [-0.39, 0.29) is 6.03 Å². The summed E-state index contributed by atoms with van der Waals surface area (Å²) in [7, 11) is 0. The number of hydrogen-bond acceptors (Lipinski definition) is 7. The second-order valence-corrected chi connectivity index (χ2v) is 6.97. The molecule has 1 aliphatic heterocycles. The van der Waals surface area contributed by atoms with Gasteiger partial charge in [-0.3, -0.25) is 10.3 Å². The molecule has 1 fully saturated rings. The van der Waals surface area contributed by atoms with Crippen LogP contribution in [0.5, 0.6) is 0 Å². The third-order valence-corrected chi connectivity index (χ3v) is 5.03. The van der Waals surface area contributed by atoms with Crippen LogP contribution in [0.2, 0.25) is 0 Å². The van der Waals surface area contributed by atoms with Crippen molar-refractivity contribution in [2.45, 2.75) is 0 Å². The molecule has 2 N–H and O–H groups in total. The van der Waals surface area contributed by atoms with E-state index in [9.17, 15) is 4.79 Å². The normalized spacial score (nSPS) is 14.1. The molecule has 4 heterocycles. The fourth-order valence-electron chi connectivity index (χ4n) is 2.82. The van der Waals surface area contributed by atoms with Crippen LogP contribution >= 0.6 is 11.3 Å². The van der Waals surface area contributed by atoms with Crippen molar-refractivity contribution >= 4 is 39.7 Å². The lowest BCUT2D eigenvalue weighted by Gasteiger charge is -2.35. The summed E-state index contributed by atoms with van der Waals surface area (Å²) in [6.45, 7) is 2.75. The van der Waals surface area contributed by atoms with Crippen molar-refractivity contribution in [3.05, 3.63) is 54.2 Å². The molecule has 0 aliphatic carbocycles. The Morgan fingerprint density at radius 3 is 2.48 bits per heavy atom. The van der Waals surface area contributed by atoms with Gasteiger partial charge in [-0.15, -0.1) is 21.5 Å². The summed E-state index contributed by atoms with van der Waals surface area (Å²) in [4.78, 5) is 20.2. The van der Waals surface area contributed by atoms with E-state index in [1.807, 2.05) is 46.7 Å². The molecule has 8 nitrogen and oxygen atoms in total. The number of hydrogen-bond donors (Lipinski definition) is 2. The third kappa shape index (κ3) is 4.32. The molecule has 0 aromatic carbocycles. The summed E-state index contributed by atoms with van der Waals surface area (Å²) < 4.78 is 0. The number of carbonyl (C=O) groups is 1. The van der Waals surface area contributed by atoms with Crippen molar-refractivity contribution in [2.24, 2.45) is 0 Å². The van der Waals surface area contributed by atoms with Gasteiger partial charge >= 0.3 is 6.03 Å². The van der Waals surface area contributed by atoms with E-state index in [1.165, 1.54) is 11.3 Å². The molecule has 0 radical (unpaired) electrons. The Hall–Kier alpha value is -3.20. The zero-order valence-electron chi connectivity index (χ0n) is 14.6. The first-order chi connectivity index (χ1) is 13.3. The first-order valence-corrected chi connectivity index (χ1v) is 9.51. The average molecular weight is 381 g/mol. The van der Waals surface area contributed by atoms with E-state index in [0.717, 1.165) is 29.6 Å². The number of amides is 2. The summed E-state index contributed by atoms with van der Waals surface area (Å²) in [6, 6.07) is 11.3. The Morgan fingerprint density at radius 1 is 1.00 bits per heavy atom. The second-order valence-electron chi connectivity index (χ2n) is 6.02. The van der Waals surface area contributed by atoms with E-state index < -0.39 is 0 Å². The van der Waals surface area contributed by atoms with Gasteiger partial charge in [0.25, 0.3) is 0 Å². The van der Waals surface area contributed by atoms with Crippen molar-refractivity contribution < 1.29 is 4.79 Å². The lowest BCUT2D eigenvalue weighted by atomic mass is 10.3. The zero-order valence-corrected chi connectivity index (χ0v) is 15.4. The average Bonchev–Trinajstić information content (AvgIpc) is 3.22. The quantitative estimate of drug-likeness (QED) is 0.722. The van der Waals surface area contributed by atoms with Gasteiger partial charge in [-0.2, -0.15) is 0 Å². The van der Waals surface area contributed by atoms with Crippen molar-refractivity contribution in [1.82, 2.24) is 20.1 Å². The van der Waals surface area contributed by atoms with Gasteiger partial charge in [-0.05, 0) is 41.8 Å². The van der Waals surface area contributed by atoms with Crippen LogP contribution in [0.25, 0.3) is 0 Å². The summed E-state index contributed by atoms with van der Waals surface area (Å²) in [6.07, 6.45) is 3.44. The number of aromatic nitrogens is 3. The van der Waals surface area contributed by atoms with Crippen molar-refractivity contribution in [2.75, 3.05) is 41.7 Å². The van der Waals surface area contributed by atoms with Gasteiger partial charge in [-0.1, -0.05) is 0 Å². The minimum absolute atomic E-state index is 0.0555. The standard InChI is InChI=1S/C18H19N7OS/c26-18(21-17-2-1-13-27-17)25-11-9-24(10-12-25)16-4-3-15(22-23-16)20-14-5-7-19-8-6-14/h1-8,13H,9-12H2,(H,21,26)(H,19,20,22). The lowest BCUT2D eigenvalue weighted by molar-refractivity contribution is 0.208. The minimum Gasteiger partial charge on any atom is -0.352 e. The molecule has 0 unspecified atom stereocenters. The summed E-state index contributed by atoms with van der Waals surface area (Å²) in [5.41, 5.74) is 0.914. The van der Waals surface area contributed by atoms with Crippen LogP contribution in [0.15, 0.2) is 54.2 Å². The number of nitrogens with zero attached hydrogens (tertiary/aromatic N) is 5. The number of carbonyl (C=O) groups excluding carboxylic acids is 1. The highest BCUT2D eigenvalue weighted by atomic mass is 32.1. The lowest BCUT2D eigenvalue weighted by Crippen LogP contribution is -2.50. The molecule has 0 atom stereocenters. The Labute approximate surface area is 160 Å². The van der Waals surface area contributed by atoms with Crippen molar-refractivity contribution in [3.8, 4) is 0 Å². The van der Waals surface area contributed by atoms with Crippen molar-refractivity contribution in [3.63, 3.8) is 0 Å². The first-order valence-electron chi connectivity index (χ1n) is 8.63. The summed E-state index contributed by atoms with van der Waals surface area (Å²) in [5.74, 6) is 1.49. The van der Waals surface area contributed by atoms with Gasteiger partial charge < -0.3 is 15.1 Å². The second kappa shape index (κ2) is 8.00. The molecule has 1 aliphatic rings. The molecule has 2 amide bonds. The molecule has 0 saturated carbocycles. The van der Waals surface area contributed by atoms with E-state index >= 15 is 0 Å².